The van der Waals surface area contributed by atoms with E-state index in [1.807, 2.05) is 13.8 Å². The molecule has 0 aliphatic carbocycles. The summed E-state index contributed by atoms with van der Waals surface area (Å²) in [4.78, 5) is 21.5. The van der Waals surface area contributed by atoms with E-state index >= 15 is 0 Å². The number of thiazole rings is 1. The van der Waals surface area contributed by atoms with Crippen molar-refractivity contribution in [3.05, 3.63) is 53.6 Å². The number of rotatable bonds is 9. The number of aromatic nitrogens is 1. The van der Waals surface area contributed by atoms with Crippen LogP contribution in [0.1, 0.15) is 24.2 Å². The Bertz CT molecular complexity index is 1320. The number of amides is 1. The lowest BCUT2D eigenvalue weighted by molar-refractivity contribution is 0.0730. The second-order valence-corrected chi connectivity index (χ2v) is 11.2. The van der Waals surface area contributed by atoms with E-state index in [1.54, 1.807) is 0 Å². The highest BCUT2D eigenvalue weighted by atomic mass is 32.2. The third-order valence-corrected chi connectivity index (χ3v) is 9.06. The van der Waals surface area contributed by atoms with Crippen molar-refractivity contribution < 1.29 is 26.7 Å². The number of sulfonamides is 1. The molecule has 0 bridgehead atoms. The minimum Gasteiger partial charge on any atom is -0.379 e. The summed E-state index contributed by atoms with van der Waals surface area (Å²) in [5.41, 5.74) is 0.269. The number of benzene rings is 2. The van der Waals surface area contributed by atoms with Crippen LogP contribution in [0.4, 0.5) is 13.9 Å². The molecule has 1 aliphatic heterocycles. The van der Waals surface area contributed by atoms with Gasteiger partial charge in [-0.05, 0) is 43.4 Å². The molecule has 0 N–H and O–H groups in total. The van der Waals surface area contributed by atoms with Gasteiger partial charge in [-0.2, -0.15) is 4.31 Å². The summed E-state index contributed by atoms with van der Waals surface area (Å²) in [6.45, 7) is 7.64. The quantitative estimate of drug-likeness (QED) is 0.414. The fourth-order valence-electron chi connectivity index (χ4n) is 3.99. The predicted octanol–water partition coefficient (Wildman–Crippen LogP) is 3.58. The van der Waals surface area contributed by atoms with E-state index in [0.717, 1.165) is 30.5 Å². The Kier molecular flexibility index (Phi) is 8.30. The number of hydrogen-bond donors (Lipinski definition) is 0. The van der Waals surface area contributed by atoms with Crippen LogP contribution >= 0.6 is 11.3 Å². The van der Waals surface area contributed by atoms with Crippen LogP contribution in [0.25, 0.3) is 10.2 Å². The van der Waals surface area contributed by atoms with Crippen LogP contribution < -0.4 is 4.90 Å². The van der Waals surface area contributed by atoms with E-state index in [4.69, 9.17) is 4.74 Å². The van der Waals surface area contributed by atoms with Crippen LogP contribution in [0, 0.1) is 11.6 Å². The van der Waals surface area contributed by atoms with Crippen LogP contribution in [0.2, 0.25) is 0 Å². The molecule has 1 fully saturated rings. The molecule has 1 saturated heterocycles. The Morgan fingerprint density at radius 1 is 1.08 bits per heavy atom. The van der Waals surface area contributed by atoms with Gasteiger partial charge >= 0.3 is 0 Å². The third kappa shape index (κ3) is 5.57. The first-order valence-corrected chi connectivity index (χ1v) is 14.0. The molecule has 0 atom stereocenters. The Morgan fingerprint density at radius 2 is 1.75 bits per heavy atom. The van der Waals surface area contributed by atoms with Crippen molar-refractivity contribution in [1.29, 1.82) is 0 Å². The number of halogens is 2. The minimum atomic E-state index is -3.70. The van der Waals surface area contributed by atoms with Crippen LogP contribution in [0.15, 0.2) is 41.3 Å². The molecule has 12 heteroatoms. The van der Waals surface area contributed by atoms with Crippen molar-refractivity contribution in [3.8, 4) is 0 Å². The highest BCUT2D eigenvalue weighted by Gasteiger charge is 2.28. The molecule has 36 heavy (non-hydrogen) atoms. The standard InChI is InChI=1S/C24H28F2N4O4S2/c1-3-28(4-2)9-10-30(24-27-22-20(26)15-18(25)16-21(22)35-24)23(31)17-5-7-19(8-6-17)36(32,33)29-11-13-34-14-12-29/h5-8,15-16H,3-4,9-14H2,1-2H3. The maximum atomic E-state index is 14.3. The van der Waals surface area contributed by atoms with E-state index < -0.39 is 27.6 Å². The van der Waals surface area contributed by atoms with Gasteiger partial charge in [-0.15, -0.1) is 0 Å². The number of anilines is 1. The van der Waals surface area contributed by atoms with Crippen LogP contribution in [0.5, 0.6) is 0 Å². The summed E-state index contributed by atoms with van der Waals surface area (Å²) < 4.78 is 60.8. The molecule has 2 aromatic carbocycles. The van der Waals surface area contributed by atoms with Gasteiger partial charge < -0.3 is 9.64 Å². The number of ether oxygens (including phenoxy) is 1. The fraction of sp³-hybridized carbons (Fsp3) is 0.417. The van der Waals surface area contributed by atoms with Gasteiger partial charge in [0.15, 0.2) is 10.9 Å². The SMILES string of the molecule is CCN(CC)CCN(C(=O)c1ccc(S(=O)(=O)N2CCOCC2)cc1)c1nc2c(F)cc(F)cc2s1. The molecule has 0 radical (unpaired) electrons. The van der Waals surface area contributed by atoms with Gasteiger partial charge in [-0.1, -0.05) is 25.2 Å². The zero-order valence-corrected chi connectivity index (χ0v) is 21.7. The second kappa shape index (κ2) is 11.3. The summed E-state index contributed by atoms with van der Waals surface area (Å²) >= 11 is 1.03. The van der Waals surface area contributed by atoms with Gasteiger partial charge in [0.05, 0.1) is 22.8 Å². The van der Waals surface area contributed by atoms with E-state index in [1.165, 1.54) is 39.5 Å². The van der Waals surface area contributed by atoms with Crippen LogP contribution in [0.3, 0.4) is 0 Å². The number of carbonyl (C=O) groups excluding carboxylic acids is 1. The van der Waals surface area contributed by atoms with Gasteiger partial charge in [0.1, 0.15) is 11.3 Å². The lowest BCUT2D eigenvalue weighted by Gasteiger charge is -2.26. The van der Waals surface area contributed by atoms with E-state index in [2.05, 4.69) is 9.88 Å². The van der Waals surface area contributed by atoms with Crippen molar-refractivity contribution in [1.82, 2.24) is 14.2 Å². The highest BCUT2D eigenvalue weighted by Crippen LogP contribution is 2.32. The minimum absolute atomic E-state index is 0.00370. The Balaban J connectivity index is 1.64. The smallest absolute Gasteiger partial charge is 0.260 e. The number of carbonyl (C=O) groups is 1. The zero-order valence-electron chi connectivity index (χ0n) is 20.1. The van der Waals surface area contributed by atoms with Gasteiger partial charge in [0, 0.05) is 37.8 Å². The topological polar surface area (TPSA) is 83.1 Å². The van der Waals surface area contributed by atoms with Crippen LogP contribution in [-0.4, -0.2) is 81.0 Å². The molecule has 2 heterocycles. The Morgan fingerprint density at radius 3 is 2.39 bits per heavy atom. The summed E-state index contributed by atoms with van der Waals surface area (Å²) in [5.74, 6) is -1.91. The van der Waals surface area contributed by atoms with Crippen molar-refractivity contribution in [2.24, 2.45) is 0 Å². The molecular weight excluding hydrogens is 510 g/mol. The highest BCUT2D eigenvalue weighted by molar-refractivity contribution is 7.89. The molecule has 1 aromatic heterocycles. The molecule has 0 saturated carbocycles. The lowest BCUT2D eigenvalue weighted by Crippen LogP contribution is -2.40. The lowest BCUT2D eigenvalue weighted by atomic mass is 10.2. The first-order valence-electron chi connectivity index (χ1n) is 11.7. The molecule has 3 aromatic rings. The second-order valence-electron chi connectivity index (χ2n) is 8.26. The number of nitrogens with zero attached hydrogens (tertiary/aromatic N) is 4. The van der Waals surface area contributed by atoms with E-state index in [9.17, 15) is 22.0 Å². The molecule has 194 valence electrons. The molecule has 4 rings (SSSR count). The summed E-state index contributed by atoms with van der Waals surface area (Å²) in [6.07, 6.45) is 0. The summed E-state index contributed by atoms with van der Waals surface area (Å²) in [6, 6.07) is 7.71. The monoisotopic (exact) mass is 538 g/mol. The molecule has 0 spiro atoms. The number of morpholine rings is 1. The molecule has 8 nitrogen and oxygen atoms in total. The normalized spacial score (nSPS) is 15.0. The first-order chi connectivity index (χ1) is 17.2. The van der Waals surface area contributed by atoms with Crippen LogP contribution in [-0.2, 0) is 14.8 Å². The van der Waals surface area contributed by atoms with Gasteiger partial charge in [0.2, 0.25) is 10.0 Å². The summed E-state index contributed by atoms with van der Waals surface area (Å²) in [5, 5.41) is 0.247. The van der Waals surface area contributed by atoms with Crippen molar-refractivity contribution in [3.63, 3.8) is 0 Å². The van der Waals surface area contributed by atoms with E-state index in [0.29, 0.717) is 24.5 Å². The Hall–Kier alpha value is -2.51. The van der Waals surface area contributed by atoms with Gasteiger partial charge in [-0.25, -0.2) is 22.2 Å². The van der Waals surface area contributed by atoms with Crippen molar-refractivity contribution in [2.75, 3.05) is 57.4 Å². The summed E-state index contributed by atoms with van der Waals surface area (Å²) in [7, 11) is -3.70. The zero-order chi connectivity index (χ0) is 25.9. The van der Waals surface area contributed by atoms with E-state index in [-0.39, 0.29) is 40.7 Å². The number of likely N-dealkylation sites (N-methyl/N-ethyl adjacent to an activating group) is 1. The maximum absolute atomic E-state index is 14.3. The fourth-order valence-corrected chi connectivity index (χ4v) is 6.42. The third-order valence-electron chi connectivity index (χ3n) is 6.12. The predicted molar refractivity (Wildman–Crippen MR) is 135 cm³/mol. The average Bonchev–Trinajstić information content (AvgIpc) is 3.31. The largest absolute Gasteiger partial charge is 0.379 e. The molecule has 1 amide bonds. The molecule has 1 aliphatic rings. The van der Waals surface area contributed by atoms with Gasteiger partial charge in [0.25, 0.3) is 5.91 Å². The number of fused-ring (bicyclic) bond motifs is 1. The Labute approximate surface area is 213 Å². The van der Waals surface area contributed by atoms with Crippen molar-refractivity contribution in [2.45, 2.75) is 18.7 Å². The van der Waals surface area contributed by atoms with Crippen molar-refractivity contribution >= 4 is 42.6 Å². The maximum Gasteiger partial charge on any atom is 0.260 e. The molecular formula is C24H28F2N4O4S2. The van der Waals surface area contributed by atoms with Gasteiger partial charge in [-0.3, -0.25) is 9.69 Å². The number of hydrogen-bond acceptors (Lipinski definition) is 7. The average molecular weight is 539 g/mol. The molecule has 0 unspecified atom stereocenters. The first kappa shape index (κ1) is 26.6.